The molecule has 7 nitrogen and oxygen atoms in total. The fourth-order valence-electron chi connectivity index (χ4n) is 4.69. The van der Waals surface area contributed by atoms with Crippen LogP contribution in [0.4, 0.5) is 4.79 Å². The first kappa shape index (κ1) is 23.8. The minimum Gasteiger partial charge on any atom is -0.480 e. The van der Waals surface area contributed by atoms with Crippen molar-refractivity contribution in [2.45, 2.75) is 45.1 Å². The van der Waals surface area contributed by atoms with Crippen LogP contribution >= 0.6 is 0 Å². The van der Waals surface area contributed by atoms with Crippen molar-refractivity contribution in [3.05, 3.63) is 59.7 Å². The summed E-state index contributed by atoms with van der Waals surface area (Å²) >= 11 is 0. The number of carbonyl (C=O) groups is 3. The number of aliphatic carboxylic acids is 1. The van der Waals surface area contributed by atoms with Crippen LogP contribution in [0, 0.1) is 17.8 Å². The van der Waals surface area contributed by atoms with E-state index in [1.165, 1.54) is 11.1 Å². The van der Waals surface area contributed by atoms with Gasteiger partial charge in [0.15, 0.2) is 0 Å². The molecule has 1 fully saturated rings. The number of carboxylic acids is 1. The van der Waals surface area contributed by atoms with E-state index in [0.29, 0.717) is 25.3 Å². The number of nitrogens with one attached hydrogen (secondary N) is 2. The summed E-state index contributed by atoms with van der Waals surface area (Å²) in [6.07, 6.45) is 1.27. The number of fused-ring (bicyclic) bond motifs is 3. The number of ether oxygens (including phenoxy) is 1. The molecule has 2 amide bonds. The van der Waals surface area contributed by atoms with Gasteiger partial charge in [0.25, 0.3) is 0 Å². The van der Waals surface area contributed by atoms with Crippen molar-refractivity contribution in [2.75, 3.05) is 13.2 Å². The lowest BCUT2D eigenvalue weighted by molar-refractivity contribution is -0.142. The van der Waals surface area contributed by atoms with Gasteiger partial charge in [-0.25, -0.2) is 9.59 Å². The Bertz CT molecular complexity index is 1020. The molecule has 2 aromatic carbocycles. The van der Waals surface area contributed by atoms with E-state index in [9.17, 15) is 19.5 Å². The molecule has 3 unspecified atom stereocenters. The fourth-order valence-corrected chi connectivity index (χ4v) is 4.69. The van der Waals surface area contributed by atoms with E-state index in [-0.39, 0.29) is 30.3 Å². The molecule has 2 aliphatic carbocycles. The second-order valence-corrected chi connectivity index (χ2v) is 9.68. The SMILES string of the molecule is CC(C)CCC(NC(=O)C1CC1CNC(=O)OCC1c2ccccc2-c2ccccc21)C(=O)O. The van der Waals surface area contributed by atoms with E-state index in [1.54, 1.807) is 0 Å². The summed E-state index contributed by atoms with van der Waals surface area (Å²) in [5.74, 6) is -1.17. The lowest BCUT2D eigenvalue weighted by Crippen LogP contribution is -2.42. The summed E-state index contributed by atoms with van der Waals surface area (Å²) in [7, 11) is 0. The fraction of sp³-hybridized carbons (Fsp3) is 0.444. The van der Waals surface area contributed by atoms with Gasteiger partial charge in [-0.15, -0.1) is 0 Å². The molecule has 0 spiro atoms. The van der Waals surface area contributed by atoms with Gasteiger partial charge in [0.05, 0.1) is 0 Å². The van der Waals surface area contributed by atoms with Crippen LogP contribution in [-0.4, -0.2) is 42.3 Å². The molecule has 2 aromatic rings. The molecule has 4 rings (SSSR count). The second kappa shape index (κ2) is 10.3. The number of hydrogen-bond donors (Lipinski definition) is 3. The molecule has 1 saturated carbocycles. The number of benzene rings is 2. The van der Waals surface area contributed by atoms with Gasteiger partial charge in [-0.3, -0.25) is 4.79 Å². The van der Waals surface area contributed by atoms with Crippen LogP contribution in [0.5, 0.6) is 0 Å². The topological polar surface area (TPSA) is 105 Å². The standard InChI is InChI=1S/C27H32N2O5/c1-16(2)11-12-24(26(31)32)29-25(30)22-13-17(22)14-28-27(33)34-15-23-20-9-5-3-7-18(20)19-8-4-6-10-21(19)23/h3-10,16-17,22-24H,11-15H2,1-2H3,(H,28,33)(H,29,30)(H,31,32). The Morgan fingerprint density at radius 1 is 1.00 bits per heavy atom. The summed E-state index contributed by atoms with van der Waals surface area (Å²) in [4.78, 5) is 36.2. The van der Waals surface area contributed by atoms with Crippen LogP contribution in [0.25, 0.3) is 11.1 Å². The lowest BCUT2D eigenvalue weighted by atomic mass is 9.98. The zero-order valence-electron chi connectivity index (χ0n) is 19.6. The van der Waals surface area contributed by atoms with E-state index in [2.05, 4.69) is 34.9 Å². The highest BCUT2D eigenvalue weighted by molar-refractivity contribution is 5.86. The molecule has 0 heterocycles. The van der Waals surface area contributed by atoms with Gasteiger partial charge in [0.1, 0.15) is 12.6 Å². The normalized spacial score (nSPS) is 19.1. The van der Waals surface area contributed by atoms with Gasteiger partial charge < -0.3 is 20.5 Å². The van der Waals surface area contributed by atoms with Crippen LogP contribution in [0.2, 0.25) is 0 Å². The first-order valence-corrected chi connectivity index (χ1v) is 12.0. The highest BCUT2D eigenvalue weighted by Crippen LogP contribution is 2.44. The Hall–Kier alpha value is -3.35. The van der Waals surface area contributed by atoms with Crippen molar-refractivity contribution in [1.82, 2.24) is 10.6 Å². The molecule has 2 aliphatic rings. The van der Waals surface area contributed by atoms with Crippen molar-refractivity contribution in [3.8, 4) is 11.1 Å². The molecule has 0 aromatic heterocycles. The predicted molar refractivity (Wildman–Crippen MR) is 128 cm³/mol. The van der Waals surface area contributed by atoms with Gasteiger partial charge in [-0.1, -0.05) is 62.4 Å². The third-order valence-corrected chi connectivity index (χ3v) is 6.76. The zero-order valence-corrected chi connectivity index (χ0v) is 19.6. The lowest BCUT2D eigenvalue weighted by Gasteiger charge is -2.16. The van der Waals surface area contributed by atoms with Gasteiger partial charge in [0, 0.05) is 18.4 Å². The van der Waals surface area contributed by atoms with Crippen molar-refractivity contribution < 1.29 is 24.2 Å². The van der Waals surface area contributed by atoms with Crippen molar-refractivity contribution in [3.63, 3.8) is 0 Å². The van der Waals surface area contributed by atoms with Crippen molar-refractivity contribution in [2.24, 2.45) is 17.8 Å². The molecule has 180 valence electrons. The van der Waals surface area contributed by atoms with Gasteiger partial charge in [-0.2, -0.15) is 0 Å². The summed E-state index contributed by atoms with van der Waals surface area (Å²) in [5, 5.41) is 14.8. The third kappa shape index (κ3) is 5.41. The molecule has 0 aliphatic heterocycles. The summed E-state index contributed by atoms with van der Waals surface area (Å²) < 4.78 is 5.54. The monoisotopic (exact) mass is 464 g/mol. The Labute approximate surface area is 199 Å². The van der Waals surface area contributed by atoms with Crippen LogP contribution in [0.3, 0.4) is 0 Å². The zero-order chi connectivity index (χ0) is 24.2. The first-order valence-electron chi connectivity index (χ1n) is 12.0. The number of hydrogen-bond acceptors (Lipinski definition) is 4. The van der Waals surface area contributed by atoms with E-state index in [0.717, 1.165) is 17.5 Å². The van der Waals surface area contributed by atoms with Gasteiger partial charge in [-0.05, 0) is 53.4 Å². The molecule has 0 bridgehead atoms. The predicted octanol–water partition coefficient (Wildman–Crippen LogP) is 4.17. The van der Waals surface area contributed by atoms with Gasteiger partial charge in [0.2, 0.25) is 5.91 Å². The third-order valence-electron chi connectivity index (χ3n) is 6.76. The number of carboxylic acid groups (broad SMARTS) is 1. The Morgan fingerprint density at radius 2 is 1.62 bits per heavy atom. The number of alkyl carbamates (subject to hydrolysis) is 1. The van der Waals surface area contributed by atoms with E-state index in [1.807, 2.05) is 38.1 Å². The average Bonchev–Trinajstić information content (AvgIpc) is 3.54. The first-order chi connectivity index (χ1) is 16.3. The Balaban J connectivity index is 1.23. The highest BCUT2D eigenvalue weighted by Gasteiger charge is 2.44. The van der Waals surface area contributed by atoms with Crippen LogP contribution < -0.4 is 10.6 Å². The maximum Gasteiger partial charge on any atom is 0.407 e. The summed E-state index contributed by atoms with van der Waals surface area (Å²) in [5.41, 5.74) is 4.65. The van der Waals surface area contributed by atoms with Gasteiger partial charge >= 0.3 is 12.1 Å². The van der Waals surface area contributed by atoms with E-state index < -0.39 is 18.1 Å². The van der Waals surface area contributed by atoms with Crippen molar-refractivity contribution in [1.29, 1.82) is 0 Å². The van der Waals surface area contributed by atoms with Crippen LogP contribution in [0.1, 0.15) is 50.2 Å². The summed E-state index contributed by atoms with van der Waals surface area (Å²) in [6, 6.07) is 15.5. The number of carbonyl (C=O) groups excluding carboxylic acids is 2. The maximum atomic E-state index is 12.4. The second-order valence-electron chi connectivity index (χ2n) is 9.68. The minimum atomic E-state index is -1.01. The number of amides is 2. The molecule has 3 atom stereocenters. The molecule has 0 saturated heterocycles. The largest absolute Gasteiger partial charge is 0.480 e. The molecular weight excluding hydrogens is 432 g/mol. The quantitative estimate of drug-likeness (QED) is 0.490. The number of rotatable bonds is 10. The molecule has 34 heavy (non-hydrogen) atoms. The van der Waals surface area contributed by atoms with E-state index in [4.69, 9.17) is 4.74 Å². The Morgan fingerprint density at radius 3 is 2.21 bits per heavy atom. The molecule has 7 heteroatoms. The van der Waals surface area contributed by atoms with Crippen LogP contribution in [0.15, 0.2) is 48.5 Å². The molecule has 0 radical (unpaired) electrons. The maximum absolute atomic E-state index is 12.4. The van der Waals surface area contributed by atoms with Crippen molar-refractivity contribution >= 4 is 18.0 Å². The highest BCUT2D eigenvalue weighted by atomic mass is 16.5. The van der Waals surface area contributed by atoms with Crippen LogP contribution in [-0.2, 0) is 14.3 Å². The summed E-state index contributed by atoms with van der Waals surface area (Å²) in [6.45, 7) is 4.61. The van der Waals surface area contributed by atoms with E-state index >= 15 is 0 Å². The average molecular weight is 465 g/mol. The Kier molecular flexibility index (Phi) is 7.20. The minimum absolute atomic E-state index is 0.0000242. The smallest absolute Gasteiger partial charge is 0.407 e. The molecular formula is C27H32N2O5. The molecule has 3 N–H and O–H groups in total.